The van der Waals surface area contributed by atoms with Gasteiger partial charge in [-0.25, -0.2) is 4.98 Å². The zero-order chi connectivity index (χ0) is 12.7. The van der Waals surface area contributed by atoms with Gasteiger partial charge in [0.05, 0.1) is 16.2 Å². The van der Waals surface area contributed by atoms with E-state index >= 15 is 0 Å². The van der Waals surface area contributed by atoms with Crippen molar-refractivity contribution in [3.63, 3.8) is 0 Å². The Hall–Kier alpha value is -2.77. The molecular formula is C9H8N4O4. The number of benzene rings is 1. The Morgan fingerprint density at radius 2 is 1.47 bits per heavy atom. The van der Waals surface area contributed by atoms with E-state index in [1.165, 1.54) is 0 Å². The highest BCUT2D eigenvalue weighted by atomic mass is 16.6. The molecule has 0 unspecified atom stereocenters. The van der Waals surface area contributed by atoms with Gasteiger partial charge in [0.1, 0.15) is 0 Å². The van der Waals surface area contributed by atoms with Gasteiger partial charge in [-0.1, -0.05) is 0 Å². The minimum atomic E-state index is -0.607. The van der Waals surface area contributed by atoms with Gasteiger partial charge in [-0.3, -0.25) is 20.2 Å². The van der Waals surface area contributed by atoms with Gasteiger partial charge < -0.3 is 4.98 Å². The van der Waals surface area contributed by atoms with Gasteiger partial charge in [0, 0.05) is 36.7 Å². The first-order chi connectivity index (χ1) is 8.11. The maximum atomic E-state index is 10.1. The Morgan fingerprint density at radius 1 is 1.00 bits per heavy atom. The standard InChI is InChI=1S/C6H4N2O4.C3H4N2/c9-7(10)5-1-2-6(4-3-5)8(11)12;1-2-5-3-4-1/h1-4H;1-3H,(H,4,5). The Kier molecular flexibility index (Phi) is 4.31. The summed E-state index contributed by atoms with van der Waals surface area (Å²) < 4.78 is 0. The molecule has 0 radical (unpaired) electrons. The van der Waals surface area contributed by atoms with Crippen molar-refractivity contribution in [2.75, 3.05) is 0 Å². The largest absolute Gasteiger partial charge is 0.351 e. The van der Waals surface area contributed by atoms with Gasteiger partial charge in [-0.2, -0.15) is 0 Å². The van der Waals surface area contributed by atoms with E-state index in [0.717, 1.165) is 24.3 Å². The van der Waals surface area contributed by atoms with Crippen molar-refractivity contribution in [2.45, 2.75) is 0 Å². The third-order valence-corrected chi connectivity index (χ3v) is 1.68. The molecule has 1 heterocycles. The van der Waals surface area contributed by atoms with Crippen molar-refractivity contribution in [2.24, 2.45) is 0 Å². The summed E-state index contributed by atoms with van der Waals surface area (Å²) >= 11 is 0. The molecule has 1 aromatic carbocycles. The van der Waals surface area contributed by atoms with Gasteiger partial charge >= 0.3 is 0 Å². The van der Waals surface area contributed by atoms with Crippen LogP contribution in [-0.4, -0.2) is 19.8 Å². The second-order valence-corrected chi connectivity index (χ2v) is 2.79. The zero-order valence-electron chi connectivity index (χ0n) is 8.52. The Bertz CT molecular complexity index is 430. The molecule has 0 fully saturated rings. The van der Waals surface area contributed by atoms with Crippen LogP contribution in [0.5, 0.6) is 0 Å². The average Bonchev–Trinajstić information content (AvgIpc) is 2.87. The highest BCUT2D eigenvalue weighted by molar-refractivity contribution is 5.39. The minimum absolute atomic E-state index is 0.152. The van der Waals surface area contributed by atoms with E-state index in [1.54, 1.807) is 18.7 Å². The zero-order valence-corrected chi connectivity index (χ0v) is 8.52. The smallest absolute Gasteiger partial charge is 0.269 e. The monoisotopic (exact) mass is 236 g/mol. The molecule has 0 saturated carbocycles. The first-order valence-electron chi connectivity index (χ1n) is 4.43. The van der Waals surface area contributed by atoms with Crippen LogP contribution in [0.15, 0.2) is 43.0 Å². The molecule has 88 valence electrons. The second kappa shape index (κ2) is 5.95. The summed E-state index contributed by atoms with van der Waals surface area (Å²) in [5.74, 6) is 0. The number of non-ortho nitro benzene ring substituents is 2. The lowest BCUT2D eigenvalue weighted by Crippen LogP contribution is -1.90. The topological polar surface area (TPSA) is 115 Å². The number of H-pyrrole nitrogens is 1. The van der Waals surface area contributed by atoms with E-state index in [2.05, 4.69) is 9.97 Å². The van der Waals surface area contributed by atoms with E-state index in [4.69, 9.17) is 0 Å². The molecule has 1 N–H and O–H groups in total. The highest BCUT2D eigenvalue weighted by Crippen LogP contribution is 2.16. The van der Waals surface area contributed by atoms with Crippen LogP contribution in [0.3, 0.4) is 0 Å². The third-order valence-electron chi connectivity index (χ3n) is 1.68. The molecule has 0 amide bonds. The van der Waals surface area contributed by atoms with Crippen molar-refractivity contribution in [3.05, 3.63) is 63.2 Å². The Balaban J connectivity index is 0.000000239. The molecule has 17 heavy (non-hydrogen) atoms. The van der Waals surface area contributed by atoms with Gasteiger partial charge in [0.2, 0.25) is 0 Å². The van der Waals surface area contributed by atoms with Gasteiger partial charge in [-0.05, 0) is 0 Å². The van der Waals surface area contributed by atoms with Crippen LogP contribution >= 0.6 is 0 Å². The Morgan fingerprint density at radius 3 is 1.65 bits per heavy atom. The summed E-state index contributed by atoms with van der Waals surface area (Å²) in [7, 11) is 0. The molecule has 8 heteroatoms. The molecule has 0 spiro atoms. The lowest BCUT2D eigenvalue weighted by molar-refractivity contribution is -0.389. The van der Waals surface area contributed by atoms with Crippen LogP contribution in [0.4, 0.5) is 11.4 Å². The predicted octanol–water partition coefficient (Wildman–Crippen LogP) is 1.91. The highest BCUT2D eigenvalue weighted by Gasteiger charge is 2.08. The lowest BCUT2D eigenvalue weighted by atomic mass is 10.3. The fourth-order valence-electron chi connectivity index (χ4n) is 0.911. The Labute approximate surface area is 95.2 Å². The molecule has 0 bridgehead atoms. The van der Waals surface area contributed by atoms with Crippen molar-refractivity contribution in [1.82, 2.24) is 9.97 Å². The van der Waals surface area contributed by atoms with Crippen LogP contribution in [0.25, 0.3) is 0 Å². The SMILES string of the molecule is O=[N+]([O-])c1ccc([N+](=O)[O-])cc1.c1c[nH]cn1. The van der Waals surface area contributed by atoms with Crippen LogP contribution in [0, 0.1) is 20.2 Å². The van der Waals surface area contributed by atoms with E-state index < -0.39 is 9.85 Å². The summed E-state index contributed by atoms with van der Waals surface area (Å²) in [4.78, 5) is 25.4. The molecule has 2 rings (SSSR count). The fourth-order valence-corrected chi connectivity index (χ4v) is 0.911. The predicted molar refractivity (Wildman–Crippen MR) is 58.3 cm³/mol. The lowest BCUT2D eigenvalue weighted by Gasteiger charge is -1.90. The van der Waals surface area contributed by atoms with E-state index in [-0.39, 0.29) is 11.4 Å². The first kappa shape index (κ1) is 12.3. The number of nitro benzene ring substituents is 2. The maximum Gasteiger partial charge on any atom is 0.269 e. The summed E-state index contributed by atoms with van der Waals surface area (Å²) in [5.41, 5.74) is -0.304. The van der Waals surface area contributed by atoms with Crippen LogP contribution < -0.4 is 0 Å². The van der Waals surface area contributed by atoms with Gasteiger partial charge in [-0.15, -0.1) is 0 Å². The van der Waals surface area contributed by atoms with Crippen molar-refractivity contribution < 1.29 is 9.85 Å². The summed E-state index contributed by atoms with van der Waals surface area (Å²) in [6, 6.07) is 4.38. The second-order valence-electron chi connectivity index (χ2n) is 2.79. The first-order valence-corrected chi connectivity index (χ1v) is 4.43. The van der Waals surface area contributed by atoms with E-state index in [1.807, 2.05) is 0 Å². The van der Waals surface area contributed by atoms with Crippen LogP contribution in [0.1, 0.15) is 0 Å². The van der Waals surface area contributed by atoms with Crippen molar-refractivity contribution in [3.8, 4) is 0 Å². The molecule has 0 aliphatic heterocycles. The van der Waals surface area contributed by atoms with Gasteiger partial charge in [0.25, 0.3) is 11.4 Å². The molecular weight excluding hydrogens is 228 g/mol. The molecule has 0 atom stereocenters. The molecule has 0 saturated heterocycles. The third kappa shape index (κ3) is 4.08. The average molecular weight is 236 g/mol. The van der Waals surface area contributed by atoms with Gasteiger partial charge in [0.15, 0.2) is 0 Å². The summed E-state index contributed by atoms with van der Waals surface area (Å²) in [6.45, 7) is 0. The number of hydrogen-bond donors (Lipinski definition) is 1. The van der Waals surface area contributed by atoms with Crippen LogP contribution in [-0.2, 0) is 0 Å². The van der Waals surface area contributed by atoms with E-state index in [0.29, 0.717) is 0 Å². The molecule has 0 aliphatic rings. The van der Waals surface area contributed by atoms with Crippen molar-refractivity contribution in [1.29, 1.82) is 0 Å². The number of aromatic amines is 1. The van der Waals surface area contributed by atoms with E-state index in [9.17, 15) is 20.2 Å². The number of nitrogens with one attached hydrogen (secondary N) is 1. The van der Waals surface area contributed by atoms with Crippen molar-refractivity contribution >= 4 is 11.4 Å². The quantitative estimate of drug-likeness (QED) is 0.631. The number of imidazole rings is 1. The van der Waals surface area contributed by atoms with Crippen LogP contribution in [0.2, 0.25) is 0 Å². The normalized spacial score (nSPS) is 8.94. The minimum Gasteiger partial charge on any atom is -0.351 e. The molecule has 8 nitrogen and oxygen atoms in total. The molecule has 2 aromatic rings. The number of hydrogen-bond acceptors (Lipinski definition) is 5. The number of rotatable bonds is 2. The summed E-state index contributed by atoms with van der Waals surface area (Å²) in [5, 5.41) is 20.2. The number of nitrogens with zero attached hydrogens (tertiary/aromatic N) is 3. The number of aromatic nitrogens is 2. The maximum absolute atomic E-state index is 10.1. The number of nitro groups is 2. The molecule has 1 aromatic heterocycles. The molecule has 0 aliphatic carbocycles. The fraction of sp³-hybridized carbons (Fsp3) is 0. The summed E-state index contributed by atoms with van der Waals surface area (Å²) in [6.07, 6.45) is 5.08.